The molecule has 96 valence electrons. The molecule has 2 aromatic rings. The first-order chi connectivity index (χ1) is 8.77. The van der Waals surface area contributed by atoms with Crippen LogP contribution in [0.1, 0.15) is 31.8 Å². The van der Waals surface area contributed by atoms with Crippen LogP contribution < -0.4 is 5.32 Å². The smallest absolute Gasteiger partial charge is 0.129 e. The van der Waals surface area contributed by atoms with Crippen LogP contribution in [0.3, 0.4) is 0 Å². The molecular weight excluding hydrogens is 228 g/mol. The summed E-state index contributed by atoms with van der Waals surface area (Å²) < 4.78 is 7.80. The molecule has 0 aliphatic carbocycles. The Bertz CT molecular complexity index is 543. The zero-order valence-electron chi connectivity index (χ0n) is 10.8. The van der Waals surface area contributed by atoms with Crippen LogP contribution in [0, 0.1) is 0 Å². The first kappa shape index (κ1) is 11.6. The molecule has 1 saturated heterocycles. The summed E-state index contributed by atoms with van der Waals surface area (Å²) in [5.41, 5.74) is 2.09. The Labute approximate surface area is 106 Å². The Morgan fingerprint density at radius 2 is 2.39 bits per heavy atom. The highest BCUT2D eigenvalue weighted by Gasteiger charge is 2.23. The number of rotatable bonds is 2. The van der Waals surface area contributed by atoms with Gasteiger partial charge in [-0.1, -0.05) is 0 Å². The average molecular weight is 246 g/mol. The Kier molecular flexibility index (Phi) is 3.01. The minimum atomic E-state index is 0.175. The van der Waals surface area contributed by atoms with Gasteiger partial charge in [0.1, 0.15) is 11.3 Å². The van der Waals surface area contributed by atoms with E-state index in [4.69, 9.17) is 9.72 Å². The molecule has 1 fully saturated rings. The molecule has 3 rings (SSSR count). The SMILES string of the molecule is CC(C)n1c(C2COCCN2)nc2cnccc21. The summed E-state index contributed by atoms with van der Waals surface area (Å²) >= 11 is 0. The molecule has 1 unspecified atom stereocenters. The lowest BCUT2D eigenvalue weighted by Gasteiger charge is -2.25. The monoisotopic (exact) mass is 246 g/mol. The highest BCUT2D eigenvalue weighted by molar-refractivity contribution is 5.75. The van der Waals surface area contributed by atoms with E-state index in [0.29, 0.717) is 12.6 Å². The maximum absolute atomic E-state index is 5.54. The third kappa shape index (κ3) is 1.89. The largest absolute Gasteiger partial charge is 0.378 e. The van der Waals surface area contributed by atoms with Crippen molar-refractivity contribution in [3.05, 3.63) is 24.3 Å². The molecule has 1 atom stereocenters. The molecule has 1 aliphatic rings. The molecular formula is C13H18N4O. The van der Waals surface area contributed by atoms with Crippen LogP contribution >= 0.6 is 0 Å². The van der Waals surface area contributed by atoms with E-state index in [0.717, 1.165) is 30.0 Å². The summed E-state index contributed by atoms with van der Waals surface area (Å²) in [6, 6.07) is 2.57. The van der Waals surface area contributed by atoms with Gasteiger partial charge in [-0.3, -0.25) is 4.98 Å². The van der Waals surface area contributed by atoms with Crippen molar-refractivity contribution in [2.45, 2.75) is 25.9 Å². The minimum Gasteiger partial charge on any atom is -0.378 e. The number of morpholine rings is 1. The molecule has 2 aromatic heterocycles. The van der Waals surface area contributed by atoms with Crippen molar-refractivity contribution in [1.82, 2.24) is 19.9 Å². The van der Waals surface area contributed by atoms with E-state index in [1.54, 1.807) is 0 Å². The van der Waals surface area contributed by atoms with Crippen molar-refractivity contribution in [3.8, 4) is 0 Å². The van der Waals surface area contributed by atoms with Gasteiger partial charge in [-0.2, -0.15) is 0 Å². The number of hydrogen-bond acceptors (Lipinski definition) is 4. The predicted molar refractivity (Wildman–Crippen MR) is 69.5 cm³/mol. The fourth-order valence-electron chi connectivity index (χ4n) is 2.49. The van der Waals surface area contributed by atoms with Gasteiger partial charge in [0.25, 0.3) is 0 Å². The maximum Gasteiger partial charge on any atom is 0.129 e. The summed E-state index contributed by atoms with van der Waals surface area (Å²) in [5.74, 6) is 1.05. The molecule has 1 aliphatic heterocycles. The topological polar surface area (TPSA) is 52.0 Å². The second-order valence-electron chi connectivity index (χ2n) is 4.88. The van der Waals surface area contributed by atoms with Gasteiger partial charge in [-0.15, -0.1) is 0 Å². The molecule has 0 radical (unpaired) electrons. The number of imidazole rings is 1. The Morgan fingerprint density at radius 3 is 3.11 bits per heavy atom. The van der Waals surface area contributed by atoms with Gasteiger partial charge in [0.15, 0.2) is 0 Å². The number of nitrogens with one attached hydrogen (secondary N) is 1. The molecule has 1 N–H and O–H groups in total. The Hall–Kier alpha value is -1.46. The molecule has 3 heterocycles. The Morgan fingerprint density at radius 1 is 1.50 bits per heavy atom. The highest BCUT2D eigenvalue weighted by Crippen LogP contribution is 2.25. The summed E-state index contributed by atoms with van der Waals surface area (Å²) in [7, 11) is 0. The van der Waals surface area contributed by atoms with Gasteiger partial charge < -0.3 is 14.6 Å². The van der Waals surface area contributed by atoms with E-state index in [-0.39, 0.29) is 6.04 Å². The summed E-state index contributed by atoms with van der Waals surface area (Å²) in [6.45, 7) is 6.69. The van der Waals surface area contributed by atoms with E-state index in [1.165, 1.54) is 0 Å². The van der Waals surface area contributed by atoms with Gasteiger partial charge in [0.05, 0.1) is 31.0 Å². The van der Waals surface area contributed by atoms with E-state index in [9.17, 15) is 0 Å². The van der Waals surface area contributed by atoms with Crippen molar-refractivity contribution in [3.63, 3.8) is 0 Å². The maximum atomic E-state index is 5.54. The quantitative estimate of drug-likeness (QED) is 0.875. The molecule has 5 nitrogen and oxygen atoms in total. The molecule has 0 saturated carbocycles. The predicted octanol–water partition coefficient (Wildman–Crippen LogP) is 1.67. The van der Waals surface area contributed by atoms with E-state index < -0.39 is 0 Å². The first-order valence-electron chi connectivity index (χ1n) is 6.40. The van der Waals surface area contributed by atoms with Crippen LogP contribution in [0.25, 0.3) is 11.0 Å². The lowest BCUT2D eigenvalue weighted by molar-refractivity contribution is 0.0729. The van der Waals surface area contributed by atoms with Gasteiger partial charge in [0.2, 0.25) is 0 Å². The standard InChI is InChI=1S/C13H18N4O/c1-9(2)17-12-3-4-14-7-10(12)16-13(17)11-8-18-6-5-15-11/h3-4,7,9,11,15H,5-6,8H2,1-2H3. The van der Waals surface area contributed by atoms with E-state index in [2.05, 4.69) is 28.7 Å². The van der Waals surface area contributed by atoms with Crippen molar-refractivity contribution in [1.29, 1.82) is 0 Å². The van der Waals surface area contributed by atoms with Crippen LogP contribution in [0.4, 0.5) is 0 Å². The number of pyridine rings is 1. The third-order valence-electron chi connectivity index (χ3n) is 3.27. The van der Waals surface area contributed by atoms with Crippen molar-refractivity contribution >= 4 is 11.0 Å². The molecule has 0 spiro atoms. The van der Waals surface area contributed by atoms with Crippen LogP contribution in [-0.2, 0) is 4.74 Å². The number of aromatic nitrogens is 3. The zero-order valence-corrected chi connectivity index (χ0v) is 10.8. The summed E-state index contributed by atoms with van der Waals surface area (Å²) in [6.07, 6.45) is 3.64. The lowest BCUT2D eigenvalue weighted by atomic mass is 10.2. The van der Waals surface area contributed by atoms with Crippen LogP contribution in [0.2, 0.25) is 0 Å². The molecule has 0 bridgehead atoms. The van der Waals surface area contributed by atoms with Gasteiger partial charge in [-0.05, 0) is 19.9 Å². The molecule has 0 amide bonds. The van der Waals surface area contributed by atoms with Crippen molar-refractivity contribution in [2.24, 2.45) is 0 Å². The third-order valence-corrected chi connectivity index (χ3v) is 3.27. The van der Waals surface area contributed by atoms with Gasteiger partial charge in [0, 0.05) is 18.8 Å². The number of nitrogens with zero attached hydrogens (tertiary/aromatic N) is 3. The van der Waals surface area contributed by atoms with Crippen molar-refractivity contribution in [2.75, 3.05) is 19.8 Å². The number of hydrogen-bond donors (Lipinski definition) is 1. The zero-order chi connectivity index (χ0) is 12.5. The molecule has 5 heteroatoms. The molecule has 18 heavy (non-hydrogen) atoms. The number of ether oxygens (including phenoxy) is 1. The normalized spacial score (nSPS) is 20.7. The summed E-state index contributed by atoms with van der Waals surface area (Å²) in [4.78, 5) is 8.86. The second kappa shape index (κ2) is 4.66. The fourth-order valence-corrected chi connectivity index (χ4v) is 2.49. The van der Waals surface area contributed by atoms with Crippen LogP contribution in [0.15, 0.2) is 18.5 Å². The van der Waals surface area contributed by atoms with Crippen molar-refractivity contribution < 1.29 is 4.74 Å². The molecule has 0 aromatic carbocycles. The summed E-state index contributed by atoms with van der Waals surface area (Å²) in [5, 5.41) is 3.46. The van der Waals surface area contributed by atoms with Gasteiger partial charge >= 0.3 is 0 Å². The van der Waals surface area contributed by atoms with E-state index >= 15 is 0 Å². The number of fused-ring (bicyclic) bond motifs is 1. The van der Waals surface area contributed by atoms with Crippen LogP contribution in [-0.4, -0.2) is 34.3 Å². The lowest BCUT2D eigenvalue weighted by Crippen LogP contribution is -2.36. The Balaban J connectivity index is 2.11. The fraction of sp³-hybridized carbons (Fsp3) is 0.538. The first-order valence-corrected chi connectivity index (χ1v) is 6.40. The van der Waals surface area contributed by atoms with Gasteiger partial charge in [-0.25, -0.2) is 4.98 Å². The minimum absolute atomic E-state index is 0.175. The average Bonchev–Trinajstić information content (AvgIpc) is 2.79. The second-order valence-corrected chi connectivity index (χ2v) is 4.88. The highest BCUT2D eigenvalue weighted by atomic mass is 16.5. The van der Waals surface area contributed by atoms with E-state index in [1.807, 2.05) is 18.5 Å². The van der Waals surface area contributed by atoms with Crippen LogP contribution in [0.5, 0.6) is 0 Å².